The van der Waals surface area contributed by atoms with Gasteiger partial charge in [-0.3, -0.25) is 0 Å². The summed E-state index contributed by atoms with van der Waals surface area (Å²) in [6.45, 7) is 0. The van der Waals surface area contributed by atoms with Crippen LogP contribution in [0.1, 0.15) is 16.5 Å². The lowest BCUT2D eigenvalue weighted by atomic mass is 9.99. The van der Waals surface area contributed by atoms with Crippen molar-refractivity contribution in [1.82, 2.24) is 13.7 Å². The summed E-state index contributed by atoms with van der Waals surface area (Å²) in [7, 11) is 0. The van der Waals surface area contributed by atoms with Gasteiger partial charge in [0.05, 0.1) is 32.3 Å². The van der Waals surface area contributed by atoms with Gasteiger partial charge in [0, 0.05) is 60.9 Å². The monoisotopic (exact) mass is 739 g/mol. The highest BCUT2D eigenvalue weighted by atomic mass is 32.2. The van der Waals surface area contributed by atoms with E-state index in [1.54, 1.807) is 0 Å². The molecule has 260 valence electrons. The van der Waals surface area contributed by atoms with Crippen LogP contribution >= 0.6 is 23.1 Å². The zero-order chi connectivity index (χ0) is 36.0. The molecule has 5 heteroatoms. The highest BCUT2D eigenvalue weighted by Gasteiger charge is 2.32. The van der Waals surface area contributed by atoms with E-state index in [1.165, 1.54) is 98.2 Å². The van der Waals surface area contributed by atoms with Gasteiger partial charge in [-0.2, -0.15) is 0 Å². The highest BCUT2D eigenvalue weighted by molar-refractivity contribution is 8.00. The minimum absolute atomic E-state index is 0.346. The maximum Gasteiger partial charge on any atom is 0.0664 e. The summed E-state index contributed by atoms with van der Waals surface area (Å²) < 4.78 is 8.72. The Labute approximate surface area is 326 Å². The van der Waals surface area contributed by atoms with E-state index in [1.807, 2.05) is 23.1 Å². The van der Waals surface area contributed by atoms with E-state index in [0.717, 1.165) is 6.42 Å². The van der Waals surface area contributed by atoms with Crippen molar-refractivity contribution in [2.45, 2.75) is 16.6 Å². The topological polar surface area (TPSA) is 14.8 Å². The van der Waals surface area contributed by atoms with Gasteiger partial charge in [-0.25, -0.2) is 0 Å². The Bertz CT molecular complexity index is 3260. The van der Waals surface area contributed by atoms with Gasteiger partial charge in [-0.05, 0) is 107 Å². The number of para-hydroxylation sites is 4. The van der Waals surface area contributed by atoms with Gasteiger partial charge in [-0.1, -0.05) is 91.0 Å². The van der Waals surface area contributed by atoms with E-state index >= 15 is 0 Å². The molecule has 0 saturated heterocycles. The molecule has 3 nitrogen and oxygen atoms in total. The number of benzene rings is 7. The molecule has 12 rings (SSSR count). The minimum atomic E-state index is 0.346. The van der Waals surface area contributed by atoms with Crippen LogP contribution in [-0.4, -0.2) is 13.7 Å². The van der Waals surface area contributed by atoms with Crippen molar-refractivity contribution in [3.8, 4) is 28.2 Å². The van der Waals surface area contributed by atoms with Crippen LogP contribution in [-0.2, 0) is 6.42 Å². The molecule has 0 fully saturated rings. The zero-order valence-corrected chi connectivity index (χ0v) is 31.4. The van der Waals surface area contributed by atoms with Crippen molar-refractivity contribution in [3.05, 3.63) is 193 Å². The van der Waals surface area contributed by atoms with E-state index in [9.17, 15) is 0 Å². The lowest BCUT2D eigenvalue weighted by Gasteiger charge is -2.13. The molecule has 11 aromatic rings. The quantitative estimate of drug-likeness (QED) is 0.172. The van der Waals surface area contributed by atoms with E-state index in [-0.39, 0.29) is 0 Å². The zero-order valence-electron chi connectivity index (χ0n) is 29.8. The van der Waals surface area contributed by atoms with Crippen molar-refractivity contribution in [2.24, 2.45) is 0 Å². The van der Waals surface area contributed by atoms with Crippen LogP contribution in [0.2, 0.25) is 0 Å². The molecule has 1 atom stereocenters. The van der Waals surface area contributed by atoms with Gasteiger partial charge in [0.1, 0.15) is 0 Å². The maximum atomic E-state index is 2.49. The van der Waals surface area contributed by atoms with Gasteiger partial charge in [0.2, 0.25) is 0 Å². The fraction of sp³-hybridized carbons (Fsp3) is 0.0400. The molecule has 1 unspecified atom stereocenters. The summed E-state index contributed by atoms with van der Waals surface area (Å²) in [4.78, 5) is 1.44. The third kappa shape index (κ3) is 4.70. The number of nitrogens with zero attached hydrogens (tertiary/aromatic N) is 3. The second-order valence-corrected chi connectivity index (χ2v) is 16.6. The average molecular weight is 740 g/mol. The molecule has 0 bridgehead atoms. The minimum Gasteiger partial charge on any atom is -0.312 e. The normalized spacial score (nSPS) is 14.2. The van der Waals surface area contributed by atoms with Crippen molar-refractivity contribution in [3.63, 3.8) is 0 Å². The van der Waals surface area contributed by atoms with E-state index in [4.69, 9.17) is 0 Å². The molecular formula is C50H33N3S2. The van der Waals surface area contributed by atoms with Gasteiger partial charge < -0.3 is 13.7 Å². The number of thiophene rings is 1. The van der Waals surface area contributed by atoms with Crippen molar-refractivity contribution in [1.29, 1.82) is 0 Å². The SMILES string of the molecule is c1ccc(-n2c3c(c4sccc42)SC(c2ccc4c(c2)c2cc(-c5ccc6c(c5)c5ccccc5n6-c5ccccc5)ccc2n4-c2ccccc2)C3)cc1. The first-order valence-electron chi connectivity index (χ1n) is 18.8. The Balaban J connectivity index is 1.01. The second-order valence-electron chi connectivity index (χ2n) is 14.5. The Kier molecular flexibility index (Phi) is 6.86. The summed E-state index contributed by atoms with van der Waals surface area (Å²) in [6, 6.07) is 64.7. The van der Waals surface area contributed by atoms with Gasteiger partial charge in [0.15, 0.2) is 0 Å². The Hall–Kier alpha value is -6.27. The van der Waals surface area contributed by atoms with Crippen LogP contribution < -0.4 is 0 Å². The van der Waals surface area contributed by atoms with Crippen LogP contribution in [0.3, 0.4) is 0 Å². The fourth-order valence-electron chi connectivity index (χ4n) is 9.03. The number of thioether (sulfide) groups is 1. The fourth-order valence-corrected chi connectivity index (χ4v) is 11.5. The number of rotatable bonds is 5. The van der Waals surface area contributed by atoms with Crippen LogP contribution in [0.15, 0.2) is 186 Å². The lowest BCUT2D eigenvalue weighted by Crippen LogP contribution is -2.01. The predicted octanol–water partition coefficient (Wildman–Crippen LogP) is 13.9. The molecular weight excluding hydrogens is 707 g/mol. The van der Waals surface area contributed by atoms with E-state index < -0.39 is 0 Å². The average Bonchev–Trinajstić information content (AvgIpc) is 4.07. The summed E-state index contributed by atoms with van der Waals surface area (Å²) >= 11 is 3.90. The largest absolute Gasteiger partial charge is 0.312 e. The van der Waals surface area contributed by atoms with E-state index in [2.05, 4.69) is 195 Å². The molecule has 0 N–H and O–H groups in total. The number of aromatic nitrogens is 3. The van der Waals surface area contributed by atoms with Crippen LogP contribution in [0.25, 0.3) is 82.0 Å². The van der Waals surface area contributed by atoms with Crippen LogP contribution in [0, 0.1) is 0 Å². The summed E-state index contributed by atoms with van der Waals surface area (Å²) in [6.07, 6.45) is 1.00. The molecule has 0 saturated carbocycles. The molecule has 5 heterocycles. The summed E-state index contributed by atoms with van der Waals surface area (Å²) in [5.74, 6) is 0. The first-order valence-corrected chi connectivity index (χ1v) is 20.6. The molecule has 7 aromatic carbocycles. The van der Waals surface area contributed by atoms with Gasteiger partial charge in [-0.15, -0.1) is 23.1 Å². The molecule has 0 aliphatic carbocycles. The first kappa shape index (κ1) is 31.1. The molecule has 0 amide bonds. The number of hydrogen-bond acceptors (Lipinski definition) is 2. The second kappa shape index (κ2) is 12.1. The molecule has 55 heavy (non-hydrogen) atoms. The van der Waals surface area contributed by atoms with Gasteiger partial charge >= 0.3 is 0 Å². The molecule has 1 aliphatic rings. The third-order valence-electron chi connectivity index (χ3n) is 11.5. The Morgan fingerprint density at radius 1 is 0.418 bits per heavy atom. The molecule has 0 radical (unpaired) electrons. The smallest absolute Gasteiger partial charge is 0.0664 e. The van der Waals surface area contributed by atoms with Gasteiger partial charge in [0.25, 0.3) is 0 Å². The van der Waals surface area contributed by atoms with Crippen molar-refractivity contribution in [2.75, 3.05) is 0 Å². The molecule has 4 aromatic heterocycles. The number of hydrogen-bond donors (Lipinski definition) is 0. The molecule has 0 spiro atoms. The Morgan fingerprint density at radius 2 is 0.927 bits per heavy atom. The van der Waals surface area contributed by atoms with Crippen LogP contribution in [0.4, 0.5) is 0 Å². The first-order chi connectivity index (χ1) is 27.3. The van der Waals surface area contributed by atoms with Crippen molar-refractivity contribution < 1.29 is 0 Å². The highest BCUT2D eigenvalue weighted by Crippen LogP contribution is 2.53. The lowest BCUT2D eigenvalue weighted by molar-refractivity contribution is 0.871. The predicted molar refractivity (Wildman–Crippen MR) is 234 cm³/mol. The van der Waals surface area contributed by atoms with E-state index in [0.29, 0.717) is 5.25 Å². The van der Waals surface area contributed by atoms with Crippen molar-refractivity contribution >= 4 is 76.9 Å². The standard InChI is InChI=1S/C50H33N3S2/c1-4-12-35(13-5-1)51-42-19-11-10-18-38(42)39-28-32(20-23-43(39)51)33-21-24-44-40(29-33)41-30-34(22-25-45(41)52(44)36-14-6-2-7-15-36)48-31-47-50(55-48)49-46(26-27-54-49)53(47)37-16-8-3-9-17-37/h1-30,48H,31H2. The maximum absolute atomic E-state index is 2.49. The number of fused-ring (bicyclic) bond motifs is 9. The summed E-state index contributed by atoms with van der Waals surface area (Å²) in [5.41, 5.74) is 15.1. The summed E-state index contributed by atoms with van der Waals surface area (Å²) in [5, 5.41) is 7.69. The Morgan fingerprint density at radius 3 is 1.56 bits per heavy atom. The third-order valence-corrected chi connectivity index (χ3v) is 13.9. The van der Waals surface area contributed by atoms with Crippen LogP contribution in [0.5, 0.6) is 0 Å². The molecule has 1 aliphatic heterocycles.